The van der Waals surface area contributed by atoms with Crippen LogP contribution in [0.3, 0.4) is 0 Å². The quantitative estimate of drug-likeness (QED) is 0.875. The standard InChI is InChI=1S/C13H17FN2O/c1-2-13(17)15-10-5-6-12(11(14)9-10)16-7-3-4-8-16/h5-6,9H,2-4,7-8H2,1H3,(H,15,17). The summed E-state index contributed by atoms with van der Waals surface area (Å²) in [7, 11) is 0. The van der Waals surface area contributed by atoms with E-state index in [1.807, 2.05) is 4.90 Å². The number of nitrogens with one attached hydrogen (secondary N) is 1. The molecule has 0 saturated carbocycles. The SMILES string of the molecule is CCC(=O)Nc1ccc(N2CCCC2)c(F)c1. The molecule has 0 aromatic heterocycles. The summed E-state index contributed by atoms with van der Waals surface area (Å²) in [6, 6.07) is 4.89. The highest BCUT2D eigenvalue weighted by Gasteiger charge is 2.16. The van der Waals surface area contributed by atoms with Crippen LogP contribution in [0.25, 0.3) is 0 Å². The predicted octanol–water partition coefficient (Wildman–Crippen LogP) is 2.77. The maximum absolute atomic E-state index is 13.9. The van der Waals surface area contributed by atoms with Crippen LogP contribution in [0.2, 0.25) is 0 Å². The molecule has 1 heterocycles. The highest BCUT2D eigenvalue weighted by molar-refractivity contribution is 5.90. The molecule has 3 nitrogen and oxygen atoms in total. The number of hydrogen-bond donors (Lipinski definition) is 1. The van der Waals surface area contributed by atoms with Crippen LogP contribution in [-0.4, -0.2) is 19.0 Å². The Kier molecular flexibility index (Phi) is 3.61. The molecule has 0 bridgehead atoms. The first kappa shape index (κ1) is 11.9. The van der Waals surface area contributed by atoms with E-state index in [-0.39, 0.29) is 11.7 Å². The Bertz CT molecular complexity index is 414. The number of nitrogens with zero attached hydrogens (tertiary/aromatic N) is 1. The largest absolute Gasteiger partial charge is 0.369 e. The number of amides is 1. The molecule has 0 spiro atoms. The first-order valence-electron chi connectivity index (χ1n) is 6.05. The molecule has 1 saturated heterocycles. The van der Waals surface area contributed by atoms with Gasteiger partial charge in [-0.15, -0.1) is 0 Å². The Morgan fingerprint density at radius 3 is 2.71 bits per heavy atom. The summed E-state index contributed by atoms with van der Waals surface area (Å²) in [5, 5.41) is 2.65. The molecule has 0 aliphatic carbocycles. The normalized spacial score (nSPS) is 15.1. The lowest BCUT2D eigenvalue weighted by atomic mass is 10.2. The maximum atomic E-state index is 13.9. The maximum Gasteiger partial charge on any atom is 0.224 e. The number of rotatable bonds is 3. The van der Waals surface area contributed by atoms with Crippen molar-refractivity contribution >= 4 is 17.3 Å². The molecule has 1 aromatic carbocycles. The molecule has 17 heavy (non-hydrogen) atoms. The second-order valence-corrected chi connectivity index (χ2v) is 4.26. The molecule has 1 fully saturated rings. The monoisotopic (exact) mass is 236 g/mol. The van der Waals surface area contributed by atoms with E-state index in [0.29, 0.717) is 17.8 Å². The van der Waals surface area contributed by atoms with Crippen molar-refractivity contribution in [3.8, 4) is 0 Å². The van der Waals surface area contributed by atoms with Gasteiger partial charge in [-0.1, -0.05) is 6.92 Å². The molecule has 92 valence electrons. The minimum atomic E-state index is -0.263. The predicted molar refractivity (Wildman–Crippen MR) is 66.8 cm³/mol. The van der Waals surface area contributed by atoms with Crippen molar-refractivity contribution in [2.24, 2.45) is 0 Å². The summed E-state index contributed by atoms with van der Waals surface area (Å²) in [6.45, 7) is 3.60. The van der Waals surface area contributed by atoms with Crippen LogP contribution in [0.4, 0.5) is 15.8 Å². The molecule has 0 atom stereocenters. The van der Waals surface area contributed by atoms with E-state index >= 15 is 0 Å². The van der Waals surface area contributed by atoms with Crippen LogP contribution in [-0.2, 0) is 4.79 Å². The van der Waals surface area contributed by atoms with E-state index in [1.165, 1.54) is 6.07 Å². The smallest absolute Gasteiger partial charge is 0.224 e. The molecule has 4 heteroatoms. The molecule has 2 rings (SSSR count). The summed E-state index contributed by atoms with van der Waals surface area (Å²) in [4.78, 5) is 13.2. The van der Waals surface area contributed by atoms with Gasteiger partial charge in [0.1, 0.15) is 5.82 Å². The fourth-order valence-corrected chi connectivity index (χ4v) is 2.05. The van der Waals surface area contributed by atoms with Crippen molar-refractivity contribution in [2.45, 2.75) is 26.2 Å². The zero-order valence-corrected chi connectivity index (χ0v) is 10.0. The van der Waals surface area contributed by atoms with Gasteiger partial charge in [-0.25, -0.2) is 4.39 Å². The molecule has 0 unspecified atom stereocenters. The second-order valence-electron chi connectivity index (χ2n) is 4.26. The van der Waals surface area contributed by atoms with Gasteiger partial charge in [-0.3, -0.25) is 4.79 Å². The lowest BCUT2D eigenvalue weighted by Crippen LogP contribution is -2.19. The van der Waals surface area contributed by atoms with Crippen LogP contribution < -0.4 is 10.2 Å². The van der Waals surface area contributed by atoms with Crippen molar-refractivity contribution in [1.82, 2.24) is 0 Å². The van der Waals surface area contributed by atoms with Gasteiger partial charge in [0.2, 0.25) is 5.91 Å². The summed E-state index contributed by atoms with van der Waals surface area (Å²) in [5.74, 6) is -0.362. The number of anilines is 2. The van der Waals surface area contributed by atoms with Crippen LogP contribution in [0.15, 0.2) is 18.2 Å². The van der Waals surface area contributed by atoms with Gasteiger partial charge in [0.15, 0.2) is 0 Å². The van der Waals surface area contributed by atoms with Gasteiger partial charge in [0, 0.05) is 25.2 Å². The fourth-order valence-electron chi connectivity index (χ4n) is 2.05. The van der Waals surface area contributed by atoms with E-state index < -0.39 is 0 Å². The van der Waals surface area contributed by atoms with Crippen molar-refractivity contribution in [2.75, 3.05) is 23.3 Å². The second kappa shape index (κ2) is 5.17. The summed E-state index contributed by atoms with van der Waals surface area (Å²) in [5.41, 5.74) is 1.16. The van der Waals surface area contributed by atoms with E-state index in [2.05, 4.69) is 5.32 Å². The average molecular weight is 236 g/mol. The molecule has 0 radical (unpaired) electrons. The van der Waals surface area contributed by atoms with Gasteiger partial charge in [-0.05, 0) is 31.0 Å². The number of benzene rings is 1. The van der Waals surface area contributed by atoms with Crippen molar-refractivity contribution < 1.29 is 9.18 Å². The highest BCUT2D eigenvalue weighted by Crippen LogP contribution is 2.25. The summed E-state index contributed by atoms with van der Waals surface area (Å²) in [6.07, 6.45) is 2.64. The topological polar surface area (TPSA) is 32.3 Å². The van der Waals surface area contributed by atoms with Crippen LogP contribution in [0.5, 0.6) is 0 Å². The van der Waals surface area contributed by atoms with Crippen LogP contribution >= 0.6 is 0 Å². The average Bonchev–Trinajstić information content (AvgIpc) is 2.82. The van der Waals surface area contributed by atoms with E-state index in [4.69, 9.17) is 0 Å². The highest BCUT2D eigenvalue weighted by atomic mass is 19.1. The van der Waals surface area contributed by atoms with Gasteiger partial charge in [0.05, 0.1) is 5.69 Å². The Labute approximate surface area is 101 Å². The van der Waals surface area contributed by atoms with Gasteiger partial charge >= 0.3 is 0 Å². The zero-order chi connectivity index (χ0) is 12.3. The molecule has 1 aromatic rings. The molecule has 1 aliphatic heterocycles. The third kappa shape index (κ3) is 2.75. The number of carbonyl (C=O) groups excluding carboxylic acids is 1. The minimum Gasteiger partial charge on any atom is -0.369 e. The van der Waals surface area contributed by atoms with Crippen molar-refractivity contribution in [1.29, 1.82) is 0 Å². The van der Waals surface area contributed by atoms with E-state index in [0.717, 1.165) is 25.9 Å². The van der Waals surface area contributed by atoms with Gasteiger partial charge < -0.3 is 10.2 Å². The molecular formula is C13H17FN2O. The molecule has 1 aliphatic rings. The minimum absolute atomic E-state index is 0.0988. The van der Waals surface area contributed by atoms with Gasteiger partial charge in [0.25, 0.3) is 0 Å². The van der Waals surface area contributed by atoms with Crippen molar-refractivity contribution in [3.05, 3.63) is 24.0 Å². The number of halogens is 1. The molecule has 1 N–H and O–H groups in total. The molecule has 1 amide bonds. The lowest BCUT2D eigenvalue weighted by molar-refractivity contribution is -0.115. The Balaban J connectivity index is 2.13. The zero-order valence-electron chi connectivity index (χ0n) is 10.0. The molecular weight excluding hydrogens is 219 g/mol. The Morgan fingerprint density at radius 1 is 1.41 bits per heavy atom. The first-order chi connectivity index (χ1) is 8.20. The number of hydrogen-bond acceptors (Lipinski definition) is 2. The third-order valence-electron chi connectivity index (χ3n) is 3.00. The summed E-state index contributed by atoms with van der Waals surface area (Å²) < 4.78 is 13.9. The van der Waals surface area contributed by atoms with Crippen LogP contribution in [0, 0.1) is 5.82 Å². The number of carbonyl (C=O) groups is 1. The third-order valence-corrected chi connectivity index (χ3v) is 3.00. The first-order valence-corrected chi connectivity index (χ1v) is 6.05. The fraction of sp³-hybridized carbons (Fsp3) is 0.462. The Morgan fingerprint density at radius 2 is 2.12 bits per heavy atom. The van der Waals surface area contributed by atoms with E-state index in [9.17, 15) is 9.18 Å². The van der Waals surface area contributed by atoms with E-state index in [1.54, 1.807) is 19.1 Å². The lowest BCUT2D eigenvalue weighted by Gasteiger charge is -2.18. The Hall–Kier alpha value is -1.58. The summed E-state index contributed by atoms with van der Waals surface area (Å²) >= 11 is 0. The van der Waals surface area contributed by atoms with Crippen LogP contribution in [0.1, 0.15) is 26.2 Å². The van der Waals surface area contributed by atoms with Gasteiger partial charge in [-0.2, -0.15) is 0 Å². The van der Waals surface area contributed by atoms with Crippen molar-refractivity contribution in [3.63, 3.8) is 0 Å².